The van der Waals surface area contributed by atoms with E-state index in [9.17, 15) is 4.79 Å². The Kier molecular flexibility index (Phi) is 5.82. The summed E-state index contributed by atoms with van der Waals surface area (Å²) in [6.45, 7) is 6.22. The maximum atomic E-state index is 11.9. The lowest BCUT2D eigenvalue weighted by Gasteiger charge is -2.16. The number of rotatable bonds is 6. The van der Waals surface area contributed by atoms with Crippen molar-refractivity contribution in [3.8, 4) is 5.75 Å². The maximum Gasteiger partial charge on any atom is 0.188 e. The Bertz CT molecular complexity index is 416. The van der Waals surface area contributed by atoms with E-state index in [1.165, 1.54) is 0 Å². The van der Waals surface area contributed by atoms with E-state index < -0.39 is 0 Å². The van der Waals surface area contributed by atoms with Crippen LogP contribution in [0.3, 0.4) is 0 Å². The number of hydrogen-bond donors (Lipinski definition) is 0. The van der Waals surface area contributed by atoms with E-state index in [1.54, 1.807) is 25.3 Å². The van der Waals surface area contributed by atoms with Gasteiger partial charge in [-0.05, 0) is 47.0 Å². The van der Waals surface area contributed by atoms with Crippen molar-refractivity contribution >= 4 is 21.7 Å². The molecule has 0 aliphatic carbocycles. The SMILES string of the molecule is COc1ccc(C(=O)COC(C)C(C)C)cc1Br. The van der Waals surface area contributed by atoms with Crippen LogP contribution in [0.1, 0.15) is 31.1 Å². The molecule has 1 aromatic rings. The number of hydrogen-bond acceptors (Lipinski definition) is 3. The van der Waals surface area contributed by atoms with Crippen LogP contribution in [-0.4, -0.2) is 25.6 Å². The monoisotopic (exact) mass is 314 g/mol. The standard InChI is InChI=1S/C14H19BrO3/c1-9(2)10(3)18-8-13(16)11-5-6-14(17-4)12(15)7-11/h5-7,9-10H,8H2,1-4H3. The molecule has 1 unspecified atom stereocenters. The third kappa shape index (κ3) is 4.10. The Hall–Kier alpha value is -0.870. The lowest BCUT2D eigenvalue weighted by Crippen LogP contribution is -2.20. The third-order valence-electron chi connectivity index (χ3n) is 2.89. The van der Waals surface area contributed by atoms with Crippen molar-refractivity contribution in [3.63, 3.8) is 0 Å². The summed E-state index contributed by atoms with van der Waals surface area (Å²) in [5.74, 6) is 1.09. The van der Waals surface area contributed by atoms with Gasteiger partial charge >= 0.3 is 0 Å². The number of halogens is 1. The molecular formula is C14H19BrO3. The Balaban J connectivity index is 2.65. The molecule has 0 aliphatic heterocycles. The highest BCUT2D eigenvalue weighted by molar-refractivity contribution is 9.10. The number of carbonyl (C=O) groups excluding carboxylic acids is 1. The third-order valence-corrected chi connectivity index (χ3v) is 3.51. The molecule has 0 aromatic heterocycles. The fraction of sp³-hybridized carbons (Fsp3) is 0.500. The zero-order valence-corrected chi connectivity index (χ0v) is 12.8. The lowest BCUT2D eigenvalue weighted by atomic mass is 10.1. The van der Waals surface area contributed by atoms with Gasteiger partial charge in [0.25, 0.3) is 0 Å². The van der Waals surface area contributed by atoms with Gasteiger partial charge in [0.05, 0.1) is 17.7 Å². The molecule has 100 valence electrons. The first-order valence-corrected chi connectivity index (χ1v) is 6.73. The number of Topliss-reactive ketones (excluding diaryl/α,β-unsaturated/α-hetero) is 1. The van der Waals surface area contributed by atoms with Crippen molar-refractivity contribution in [1.82, 2.24) is 0 Å². The largest absolute Gasteiger partial charge is 0.496 e. The molecule has 1 rings (SSSR count). The first-order valence-electron chi connectivity index (χ1n) is 5.94. The molecule has 0 amide bonds. The minimum atomic E-state index is -0.0224. The van der Waals surface area contributed by atoms with E-state index in [0.717, 1.165) is 4.47 Å². The van der Waals surface area contributed by atoms with E-state index >= 15 is 0 Å². The van der Waals surface area contributed by atoms with Crippen LogP contribution in [0, 0.1) is 5.92 Å². The topological polar surface area (TPSA) is 35.5 Å². The minimum absolute atomic E-state index is 0.0224. The van der Waals surface area contributed by atoms with Crippen molar-refractivity contribution in [1.29, 1.82) is 0 Å². The summed E-state index contributed by atoms with van der Waals surface area (Å²) in [6, 6.07) is 5.27. The average molecular weight is 315 g/mol. The summed E-state index contributed by atoms with van der Waals surface area (Å²) >= 11 is 3.36. The number of carbonyl (C=O) groups is 1. The summed E-state index contributed by atoms with van der Waals surface area (Å²) in [4.78, 5) is 11.9. The van der Waals surface area contributed by atoms with Crippen molar-refractivity contribution in [2.75, 3.05) is 13.7 Å². The van der Waals surface area contributed by atoms with E-state index in [4.69, 9.17) is 9.47 Å². The summed E-state index contributed by atoms with van der Waals surface area (Å²) < 4.78 is 11.4. The molecule has 0 aliphatic rings. The van der Waals surface area contributed by atoms with Gasteiger partial charge < -0.3 is 9.47 Å². The number of ketones is 1. The Morgan fingerprint density at radius 2 is 2.00 bits per heavy atom. The second-order valence-corrected chi connectivity index (χ2v) is 5.39. The quantitative estimate of drug-likeness (QED) is 0.751. The van der Waals surface area contributed by atoms with Crippen LogP contribution < -0.4 is 4.74 Å². The fourth-order valence-electron chi connectivity index (χ4n) is 1.32. The average Bonchev–Trinajstić information content (AvgIpc) is 2.35. The van der Waals surface area contributed by atoms with Crippen LogP contribution in [0.25, 0.3) is 0 Å². The molecule has 3 nitrogen and oxygen atoms in total. The molecule has 0 heterocycles. The van der Waals surface area contributed by atoms with Gasteiger partial charge in [0, 0.05) is 5.56 Å². The summed E-state index contributed by atoms with van der Waals surface area (Å²) in [5, 5.41) is 0. The maximum absolute atomic E-state index is 11.9. The highest BCUT2D eigenvalue weighted by Crippen LogP contribution is 2.25. The van der Waals surface area contributed by atoms with E-state index in [2.05, 4.69) is 29.8 Å². The van der Waals surface area contributed by atoms with Crippen LogP contribution in [0.2, 0.25) is 0 Å². The zero-order valence-electron chi connectivity index (χ0n) is 11.2. The first kappa shape index (κ1) is 15.2. The minimum Gasteiger partial charge on any atom is -0.496 e. The van der Waals surface area contributed by atoms with Gasteiger partial charge in [-0.15, -0.1) is 0 Å². The molecule has 0 bridgehead atoms. The Labute approximate surface area is 117 Å². The predicted octanol–water partition coefficient (Wildman–Crippen LogP) is 3.70. The molecular weight excluding hydrogens is 296 g/mol. The van der Waals surface area contributed by atoms with Crippen LogP contribution in [0.15, 0.2) is 22.7 Å². The highest BCUT2D eigenvalue weighted by atomic mass is 79.9. The molecule has 1 atom stereocenters. The van der Waals surface area contributed by atoms with Gasteiger partial charge in [0.1, 0.15) is 12.4 Å². The van der Waals surface area contributed by atoms with Gasteiger partial charge in [-0.2, -0.15) is 0 Å². The molecule has 0 radical (unpaired) electrons. The van der Waals surface area contributed by atoms with Crippen molar-refractivity contribution < 1.29 is 14.3 Å². The van der Waals surface area contributed by atoms with Crippen molar-refractivity contribution in [2.45, 2.75) is 26.9 Å². The van der Waals surface area contributed by atoms with Crippen LogP contribution in [0.4, 0.5) is 0 Å². The molecule has 4 heteroatoms. The first-order chi connectivity index (χ1) is 8.45. The van der Waals surface area contributed by atoms with E-state index in [0.29, 0.717) is 17.2 Å². The molecule has 0 saturated heterocycles. The molecule has 0 fully saturated rings. The van der Waals surface area contributed by atoms with E-state index in [1.807, 2.05) is 6.92 Å². The van der Waals surface area contributed by atoms with Crippen molar-refractivity contribution in [2.24, 2.45) is 5.92 Å². The number of benzene rings is 1. The predicted molar refractivity (Wildman–Crippen MR) is 75.3 cm³/mol. The molecule has 0 N–H and O–H groups in total. The van der Waals surface area contributed by atoms with Crippen LogP contribution >= 0.6 is 15.9 Å². The van der Waals surface area contributed by atoms with Crippen LogP contribution in [0.5, 0.6) is 5.75 Å². The zero-order chi connectivity index (χ0) is 13.7. The second kappa shape index (κ2) is 6.90. The van der Waals surface area contributed by atoms with Gasteiger partial charge in [0.2, 0.25) is 0 Å². The second-order valence-electron chi connectivity index (χ2n) is 4.53. The lowest BCUT2D eigenvalue weighted by molar-refractivity contribution is 0.0336. The number of ether oxygens (including phenoxy) is 2. The van der Waals surface area contributed by atoms with Gasteiger partial charge in [-0.25, -0.2) is 0 Å². The fourth-order valence-corrected chi connectivity index (χ4v) is 1.86. The summed E-state index contributed by atoms with van der Waals surface area (Å²) in [6.07, 6.45) is 0.0793. The molecule has 18 heavy (non-hydrogen) atoms. The normalized spacial score (nSPS) is 12.6. The molecule has 0 saturated carbocycles. The van der Waals surface area contributed by atoms with Gasteiger partial charge in [-0.3, -0.25) is 4.79 Å². The van der Waals surface area contributed by atoms with E-state index in [-0.39, 0.29) is 18.5 Å². The molecule has 0 spiro atoms. The van der Waals surface area contributed by atoms with Crippen molar-refractivity contribution in [3.05, 3.63) is 28.2 Å². The highest BCUT2D eigenvalue weighted by Gasteiger charge is 2.13. The van der Waals surface area contributed by atoms with Crippen LogP contribution in [-0.2, 0) is 4.74 Å². The molecule has 1 aromatic carbocycles. The number of methoxy groups -OCH3 is 1. The van der Waals surface area contributed by atoms with Gasteiger partial charge in [0.15, 0.2) is 5.78 Å². The summed E-state index contributed by atoms with van der Waals surface area (Å²) in [5.41, 5.74) is 0.624. The van der Waals surface area contributed by atoms with Gasteiger partial charge in [-0.1, -0.05) is 13.8 Å². The smallest absolute Gasteiger partial charge is 0.188 e. The summed E-state index contributed by atoms with van der Waals surface area (Å²) in [7, 11) is 1.59. The Morgan fingerprint density at radius 3 is 2.50 bits per heavy atom. The Morgan fingerprint density at radius 1 is 1.33 bits per heavy atom.